The second-order valence-electron chi connectivity index (χ2n) is 6.60. The van der Waals surface area contributed by atoms with E-state index < -0.39 is 0 Å². The number of likely N-dealkylation sites (tertiary alicyclic amines) is 1. The van der Waals surface area contributed by atoms with Gasteiger partial charge in [-0.25, -0.2) is 9.97 Å². The SMILES string of the molecule is Cn1cc(C=CC(=O)N2CCCC2c2nccnc2Nc2ccccn2)cn1. The van der Waals surface area contributed by atoms with Crippen LogP contribution in [0.15, 0.2) is 55.3 Å². The molecule has 0 spiro atoms. The van der Waals surface area contributed by atoms with Crippen molar-refractivity contribution in [2.45, 2.75) is 18.9 Å². The van der Waals surface area contributed by atoms with Gasteiger partial charge in [0, 0.05) is 50.0 Å². The number of carbonyl (C=O) groups excluding carboxylic acids is 1. The van der Waals surface area contributed by atoms with E-state index in [1.54, 1.807) is 41.6 Å². The van der Waals surface area contributed by atoms with Crippen molar-refractivity contribution < 1.29 is 4.79 Å². The number of anilines is 2. The Bertz CT molecular complexity index is 983. The number of rotatable bonds is 5. The Morgan fingerprint density at radius 3 is 2.89 bits per heavy atom. The number of hydrogen-bond donors (Lipinski definition) is 1. The first-order valence-electron chi connectivity index (χ1n) is 9.17. The van der Waals surface area contributed by atoms with E-state index in [2.05, 4.69) is 25.4 Å². The Kier molecular flexibility index (Phi) is 5.09. The average molecular weight is 375 g/mol. The van der Waals surface area contributed by atoms with E-state index in [1.807, 2.05) is 36.3 Å². The summed E-state index contributed by atoms with van der Waals surface area (Å²) < 4.78 is 1.71. The minimum Gasteiger partial charge on any atom is -0.330 e. The van der Waals surface area contributed by atoms with Crippen LogP contribution in [-0.2, 0) is 11.8 Å². The summed E-state index contributed by atoms with van der Waals surface area (Å²) in [5.41, 5.74) is 1.65. The molecule has 1 saturated heterocycles. The zero-order valence-corrected chi connectivity index (χ0v) is 15.6. The number of carbonyl (C=O) groups is 1. The Morgan fingerprint density at radius 2 is 2.11 bits per heavy atom. The molecule has 1 fully saturated rings. The lowest BCUT2D eigenvalue weighted by molar-refractivity contribution is -0.126. The first-order valence-corrected chi connectivity index (χ1v) is 9.17. The molecule has 8 heteroatoms. The molecule has 0 radical (unpaired) electrons. The van der Waals surface area contributed by atoms with Gasteiger partial charge in [0.1, 0.15) is 11.5 Å². The lowest BCUT2D eigenvalue weighted by atomic mass is 10.1. The highest BCUT2D eigenvalue weighted by molar-refractivity contribution is 5.92. The number of amides is 1. The molecule has 3 aromatic rings. The fourth-order valence-corrected chi connectivity index (χ4v) is 3.35. The molecule has 4 heterocycles. The summed E-state index contributed by atoms with van der Waals surface area (Å²) in [5.74, 6) is 1.28. The predicted molar refractivity (Wildman–Crippen MR) is 105 cm³/mol. The number of aryl methyl sites for hydroxylation is 1. The summed E-state index contributed by atoms with van der Waals surface area (Å²) in [5, 5.41) is 7.33. The first-order chi connectivity index (χ1) is 13.7. The molecule has 1 unspecified atom stereocenters. The maximum Gasteiger partial charge on any atom is 0.247 e. The summed E-state index contributed by atoms with van der Waals surface area (Å²) in [6, 6.07) is 5.51. The van der Waals surface area contributed by atoms with E-state index in [-0.39, 0.29) is 11.9 Å². The molecule has 0 bridgehead atoms. The van der Waals surface area contributed by atoms with Crippen LogP contribution in [0.3, 0.4) is 0 Å². The highest BCUT2D eigenvalue weighted by Gasteiger charge is 2.32. The maximum absolute atomic E-state index is 12.8. The number of aromatic nitrogens is 5. The minimum atomic E-state index is -0.119. The molecule has 1 amide bonds. The lowest BCUT2D eigenvalue weighted by Crippen LogP contribution is -2.30. The van der Waals surface area contributed by atoms with Gasteiger partial charge in [-0.05, 0) is 31.1 Å². The number of hydrogen-bond acceptors (Lipinski definition) is 6. The average Bonchev–Trinajstić information content (AvgIpc) is 3.36. The summed E-state index contributed by atoms with van der Waals surface area (Å²) in [6.45, 7) is 0.695. The van der Waals surface area contributed by atoms with Gasteiger partial charge < -0.3 is 10.2 Å². The highest BCUT2D eigenvalue weighted by Crippen LogP contribution is 2.34. The third-order valence-corrected chi connectivity index (χ3v) is 4.63. The molecule has 0 saturated carbocycles. The second kappa shape index (κ2) is 7.99. The van der Waals surface area contributed by atoms with Gasteiger partial charge in [-0.2, -0.15) is 5.10 Å². The monoisotopic (exact) mass is 375 g/mol. The van der Waals surface area contributed by atoms with Crippen LogP contribution < -0.4 is 5.32 Å². The van der Waals surface area contributed by atoms with Crippen LogP contribution in [0.25, 0.3) is 6.08 Å². The quantitative estimate of drug-likeness (QED) is 0.690. The van der Waals surface area contributed by atoms with E-state index in [0.29, 0.717) is 18.2 Å². The summed E-state index contributed by atoms with van der Waals surface area (Å²) in [7, 11) is 1.85. The summed E-state index contributed by atoms with van der Waals surface area (Å²) >= 11 is 0. The molecule has 1 aliphatic rings. The van der Waals surface area contributed by atoms with Gasteiger partial charge in [0.15, 0.2) is 5.82 Å². The van der Waals surface area contributed by atoms with Crippen LogP contribution in [0.4, 0.5) is 11.6 Å². The molecule has 0 aliphatic carbocycles. The largest absolute Gasteiger partial charge is 0.330 e. The van der Waals surface area contributed by atoms with Gasteiger partial charge in [-0.1, -0.05) is 6.07 Å². The normalized spacial score (nSPS) is 16.6. The Hall–Kier alpha value is -3.55. The molecule has 8 nitrogen and oxygen atoms in total. The van der Waals surface area contributed by atoms with Crippen LogP contribution in [0.1, 0.15) is 30.1 Å². The van der Waals surface area contributed by atoms with Crippen molar-refractivity contribution in [3.8, 4) is 0 Å². The zero-order valence-electron chi connectivity index (χ0n) is 15.6. The topological polar surface area (TPSA) is 88.8 Å². The molecule has 1 aliphatic heterocycles. The van der Waals surface area contributed by atoms with Gasteiger partial charge >= 0.3 is 0 Å². The molecule has 0 aromatic carbocycles. The molecule has 4 rings (SSSR count). The van der Waals surface area contributed by atoms with Crippen molar-refractivity contribution in [2.75, 3.05) is 11.9 Å². The van der Waals surface area contributed by atoms with Gasteiger partial charge in [0.05, 0.1) is 12.2 Å². The Balaban J connectivity index is 1.55. The Labute approximate surface area is 163 Å². The molecule has 1 atom stereocenters. The van der Waals surface area contributed by atoms with Crippen molar-refractivity contribution >= 4 is 23.6 Å². The summed E-state index contributed by atoms with van der Waals surface area (Å²) in [6.07, 6.45) is 13.8. The molecule has 1 N–H and O–H groups in total. The summed E-state index contributed by atoms with van der Waals surface area (Å²) in [4.78, 5) is 27.9. The van der Waals surface area contributed by atoms with E-state index >= 15 is 0 Å². The number of nitrogens with one attached hydrogen (secondary N) is 1. The lowest BCUT2D eigenvalue weighted by Gasteiger charge is -2.24. The van der Waals surface area contributed by atoms with E-state index in [4.69, 9.17) is 0 Å². The van der Waals surface area contributed by atoms with Crippen LogP contribution in [0.5, 0.6) is 0 Å². The van der Waals surface area contributed by atoms with Crippen molar-refractivity contribution in [3.05, 3.63) is 66.5 Å². The van der Waals surface area contributed by atoms with Gasteiger partial charge in [-0.15, -0.1) is 0 Å². The third kappa shape index (κ3) is 3.90. The zero-order chi connectivity index (χ0) is 19.3. The molecular formula is C20H21N7O. The van der Waals surface area contributed by atoms with Crippen molar-refractivity contribution in [1.82, 2.24) is 29.6 Å². The number of nitrogens with zero attached hydrogens (tertiary/aromatic N) is 6. The van der Waals surface area contributed by atoms with Crippen molar-refractivity contribution in [1.29, 1.82) is 0 Å². The van der Waals surface area contributed by atoms with Crippen molar-refractivity contribution in [3.63, 3.8) is 0 Å². The molecule has 28 heavy (non-hydrogen) atoms. The Morgan fingerprint density at radius 1 is 1.21 bits per heavy atom. The van der Waals surface area contributed by atoms with Crippen LogP contribution in [0.2, 0.25) is 0 Å². The van der Waals surface area contributed by atoms with Crippen LogP contribution in [-0.4, -0.2) is 42.1 Å². The first kappa shape index (κ1) is 17.8. The fourth-order valence-electron chi connectivity index (χ4n) is 3.35. The molecule has 3 aromatic heterocycles. The molecule has 142 valence electrons. The predicted octanol–water partition coefficient (Wildman–Crippen LogP) is 2.73. The van der Waals surface area contributed by atoms with Crippen molar-refractivity contribution in [2.24, 2.45) is 7.05 Å². The van der Waals surface area contributed by atoms with Gasteiger partial charge in [0.25, 0.3) is 0 Å². The number of pyridine rings is 1. The van der Waals surface area contributed by atoms with Crippen LogP contribution >= 0.6 is 0 Å². The fraction of sp³-hybridized carbons (Fsp3) is 0.250. The third-order valence-electron chi connectivity index (χ3n) is 4.63. The van der Waals surface area contributed by atoms with E-state index in [0.717, 1.165) is 24.1 Å². The molecular weight excluding hydrogens is 354 g/mol. The maximum atomic E-state index is 12.8. The van der Waals surface area contributed by atoms with Gasteiger partial charge in [-0.3, -0.25) is 14.5 Å². The highest BCUT2D eigenvalue weighted by atomic mass is 16.2. The minimum absolute atomic E-state index is 0.0409. The second-order valence-corrected chi connectivity index (χ2v) is 6.60. The standard InChI is InChI=1S/C20H21N7O/c1-26-14-15(13-24-26)7-8-18(28)27-12-4-5-16(27)19-20(23-11-10-22-19)25-17-6-2-3-9-21-17/h2-3,6-11,13-14,16H,4-5,12H2,1H3,(H,21,23,25). The van der Waals surface area contributed by atoms with Gasteiger partial charge in [0.2, 0.25) is 5.91 Å². The van der Waals surface area contributed by atoms with Crippen LogP contribution in [0, 0.1) is 0 Å². The smallest absolute Gasteiger partial charge is 0.247 e. The van der Waals surface area contributed by atoms with E-state index in [9.17, 15) is 4.79 Å². The van der Waals surface area contributed by atoms with E-state index in [1.165, 1.54) is 0 Å².